The number of H-pyrrole nitrogens is 1. The largest absolute Gasteiger partial charge is 0.360 e. The van der Waals surface area contributed by atoms with Crippen molar-refractivity contribution >= 4 is 65.3 Å². The molecule has 0 atom stereocenters. The molecule has 0 saturated heterocycles. The van der Waals surface area contributed by atoms with E-state index in [1.807, 2.05) is 0 Å². The van der Waals surface area contributed by atoms with Gasteiger partial charge in [-0.3, -0.25) is 4.72 Å². The lowest BCUT2D eigenvalue weighted by molar-refractivity contribution is 0.599. The number of hydrogen-bond acceptors (Lipinski definition) is 5. The highest BCUT2D eigenvalue weighted by molar-refractivity contribution is 9.10. The highest BCUT2D eigenvalue weighted by Gasteiger charge is 2.21. The first kappa shape index (κ1) is 15.5. The molecular formula is C14H8BrFN4O2S2. The van der Waals surface area contributed by atoms with Crippen LogP contribution in [0, 0.1) is 5.82 Å². The van der Waals surface area contributed by atoms with Crippen LogP contribution in [-0.2, 0) is 10.0 Å². The smallest absolute Gasteiger partial charge is 0.264 e. The Labute approximate surface area is 148 Å². The normalized spacial score (nSPS) is 12.1. The number of aromatic amines is 1. The van der Waals surface area contributed by atoms with Crippen molar-refractivity contribution in [3.63, 3.8) is 0 Å². The molecule has 2 heterocycles. The second-order valence-electron chi connectivity index (χ2n) is 5.03. The van der Waals surface area contributed by atoms with Gasteiger partial charge in [0.1, 0.15) is 21.7 Å². The molecule has 0 aliphatic rings. The molecule has 0 fully saturated rings. The van der Waals surface area contributed by atoms with Crippen LogP contribution in [0.2, 0.25) is 0 Å². The van der Waals surface area contributed by atoms with E-state index >= 15 is 0 Å². The Morgan fingerprint density at radius 3 is 2.71 bits per heavy atom. The number of benzene rings is 2. The number of halogens is 2. The Bertz CT molecular complexity index is 1190. The summed E-state index contributed by atoms with van der Waals surface area (Å²) in [4.78, 5) is 2.94. The van der Waals surface area contributed by atoms with Crippen molar-refractivity contribution in [3.05, 3.63) is 46.8 Å². The summed E-state index contributed by atoms with van der Waals surface area (Å²) in [5.74, 6) is -0.707. The van der Waals surface area contributed by atoms with E-state index < -0.39 is 15.8 Å². The molecule has 0 amide bonds. The molecule has 24 heavy (non-hydrogen) atoms. The maximum absolute atomic E-state index is 14.1. The maximum atomic E-state index is 14.1. The summed E-state index contributed by atoms with van der Waals surface area (Å²) in [5.41, 5.74) is 1.31. The summed E-state index contributed by atoms with van der Waals surface area (Å²) >= 11 is 4.26. The zero-order valence-electron chi connectivity index (χ0n) is 11.7. The topological polar surface area (TPSA) is 87.7 Å². The molecule has 122 valence electrons. The van der Waals surface area contributed by atoms with Crippen LogP contribution >= 0.6 is 27.7 Å². The van der Waals surface area contributed by atoms with Gasteiger partial charge >= 0.3 is 0 Å². The van der Waals surface area contributed by atoms with E-state index in [1.54, 1.807) is 18.2 Å². The molecule has 0 saturated carbocycles. The second kappa shape index (κ2) is 5.50. The summed E-state index contributed by atoms with van der Waals surface area (Å²) < 4.78 is 50.4. The van der Waals surface area contributed by atoms with E-state index in [0.29, 0.717) is 21.9 Å². The minimum Gasteiger partial charge on any atom is -0.360 e. The maximum Gasteiger partial charge on any atom is 0.264 e. The fraction of sp³-hybridized carbons (Fsp3) is 0. The van der Waals surface area contributed by atoms with Gasteiger partial charge in [-0.2, -0.15) is 8.75 Å². The third kappa shape index (κ3) is 2.56. The van der Waals surface area contributed by atoms with E-state index in [-0.39, 0.29) is 10.6 Å². The molecule has 4 rings (SSSR count). The van der Waals surface area contributed by atoms with Crippen molar-refractivity contribution in [1.29, 1.82) is 0 Å². The van der Waals surface area contributed by atoms with Gasteiger partial charge in [0.2, 0.25) is 0 Å². The molecule has 0 aliphatic heterocycles. The minimum absolute atomic E-state index is 0.0425. The Morgan fingerprint density at radius 2 is 1.92 bits per heavy atom. The lowest BCUT2D eigenvalue weighted by Gasteiger charge is -2.08. The molecule has 10 heteroatoms. The van der Waals surface area contributed by atoms with Gasteiger partial charge < -0.3 is 4.98 Å². The summed E-state index contributed by atoms with van der Waals surface area (Å²) in [6.45, 7) is 0. The van der Waals surface area contributed by atoms with Crippen LogP contribution in [0.5, 0.6) is 0 Å². The fourth-order valence-corrected chi connectivity index (χ4v) is 4.49. The Balaban J connectivity index is 1.80. The van der Waals surface area contributed by atoms with Gasteiger partial charge in [-0.15, -0.1) is 0 Å². The van der Waals surface area contributed by atoms with Crippen molar-refractivity contribution in [2.24, 2.45) is 0 Å². The number of anilines is 1. The molecule has 6 nitrogen and oxygen atoms in total. The molecule has 2 N–H and O–H groups in total. The second-order valence-corrected chi connectivity index (χ2v) is 8.13. The quantitative estimate of drug-likeness (QED) is 0.520. The van der Waals surface area contributed by atoms with Crippen LogP contribution in [0.4, 0.5) is 10.1 Å². The van der Waals surface area contributed by atoms with E-state index in [9.17, 15) is 12.8 Å². The molecular weight excluding hydrogens is 419 g/mol. The van der Waals surface area contributed by atoms with Crippen LogP contribution in [0.3, 0.4) is 0 Å². The summed E-state index contributed by atoms with van der Waals surface area (Å²) in [6, 6.07) is 7.67. The standard InChI is InChI=1S/C14H8BrFN4O2S2/c15-7-1-2-8-10(3-7)17-6-14(8)24(21,22)20-11-5-13-12(4-9(11)16)18-23-19-13/h1-6,17,20H. The van der Waals surface area contributed by atoms with Gasteiger partial charge in [0.15, 0.2) is 0 Å². The molecule has 0 bridgehead atoms. The molecule has 0 aliphatic carbocycles. The zero-order chi connectivity index (χ0) is 16.9. The monoisotopic (exact) mass is 426 g/mol. The van der Waals surface area contributed by atoms with Crippen LogP contribution in [0.25, 0.3) is 21.9 Å². The van der Waals surface area contributed by atoms with Gasteiger partial charge in [0.25, 0.3) is 10.0 Å². The summed E-state index contributed by atoms with van der Waals surface area (Å²) in [5, 5.41) is 0.516. The SMILES string of the molecule is O=S(=O)(Nc1cc2nsnc2cc1F)c1c[nH]c2cc(Br)ccc12. The number of nitrogens with one attached hydrogen (secondary N) is 2. The number of sulfonamides is 1. The van der Waals surface area contributed by atoms with Gasteiger partial charge in [-0.1, -0.05) is 22.0 Å². The van der Waals surface area contributed by atoms with Gasteiger partial charge in [-0.05, 0) is 18.2 Å². The van der Waals surface area contributed by atoms with Crippen LogP contribution < -0.4 is 4.72 Å². The molecule has 0 radical (unpaired) electrons. The van der Waals surface area contributed by atoms with E-state index in [1.165, 1.54) is 12.3 Å². The number of hydrogen-bond donors (Lipinski definition) is 2. The first-order chi connectivity index (χ1) is 11.4. The summed E-state index contributed by atoms with van der Waals surface area (Å²) in [6.07, 6.45) is 1.38. The Hall–Kier alpha value is -2.04. The van der Waals surface area contributed by atoms with E-state index in [4.69, 9.17) is 0 Å². The molecule has 2 aromatic carbocycles. The first-order valence-electron chi connectivity index (χ1n) is 6.65. The van der Waals surface area contributed by atoms with Crippen LogP contribution in [-0.4, -0.2) is 22.1 Å². The van der Waals surface area contributed by atoms with E-state index in [2.05, 4.69) is 34.4 Å². The van der Waals surface area contributed by atoms with Crippen molar-refractivity contribution in [1.82, 2.24) is 13.7 Å². The fourth-order valence-electron chi connectivity index (χ4n) is 2.38. The average Bonchev–Trinajstić information content (AvgIpc) is 3.13. The minimum atomic E-state index is -3.97. The number of fused-ring (bicyclic) bond motifs is 2. The highest BCUT2D eigenvalue weighted by atomic mass is 79.9. The Morgan fingerprint density at radius 1 is 1.17 bits per heavy atom. The number of nitrogens with zero attached hydrogens (tertiary/aromatic N) is 2. The lowest BCUT2D eigenvalue weighted by Crippen LogP contribution is -2.13. The van der Waals surface area contributed by atoms with Crippen LogP contribution in [0.1, 0.15) is 0 Å². The molecule has 0 spiro atoms. The molecule has 4 aromatic rings. The first-order valence-corrected chi connectivity index (χ1v) is 9.66. The molecule has 0 unspecified atom stereocenters. The van der Waals surface area contributed by atoms with Crippen molar-refractivity contribution < 1.29 is 12.8 Å². The van der Waals surface area contributed by atoms with E-state index in [0.717, 1.165) is 22.3 Å². The predicted molar refractivity (Wildman–Crippen MR) is 94.2 cm³/mol. The van der Waals surface area contributed by atoms with Gasteiger partial charge in [-0.25, -0.2) is 12.8 Å². The lowest BCUT2D eigenvalue weighted by atomic mass is 10.2. The zero-order valence-corrected chi connectivity index (χ0v) is 15.0. The average molecular weight is 427 g/mol. The van der Waals surface area contributed by atoms with Gasteiger partial charge in [0, 0.05) is 27.6 Å². The third-order valence-corrected chi connectivity index (χ3v) is 5.94. The van der Waals surface area contributed by atoms with Gasteiger partial charge in [0.05, 0.1) is 17.4 Å². The highest BCUT2D eigenvalue weighted by Crippen LogP contribution is 2.29. The third-order valence-electron chi connectivity index (χ3n) is 3.48. The number of rotatable bonds is 3. The van der Waals surface area contributed by atoms with Crippen molar-refractivity contribution in [2.75, 3.05) is 4.72 Å². The van der Waals surface area contributed by atoms with Crippen LogP contribution in [0.15, 0.2) is 45.9 Å². The summed E-state index contributed by atoms with van der Waals surface area (Å²) in [7, 11) is -3.97. The molecule has 2 aromatic heterocycles. The number of aromatic nitrogens is 3. The predicted octanol–water partition coefficient (Wildman–Crippen LogP) is 3.88. The van der Waals surface area contributed by atoms with Crippen molar-refractivity contribution in [2.45, 2.75) is 4.90 Å². The van der Waals surface area contributed by atoms with Crippen molar-refractivity contribution in [3.8, 4) is 0 Å². The Kier molecular flexibility index (Phi) is 3.55.